The number of fused-ring (bicyclic) bond motifs is 2. The fraction of sp³-hybridized carbons (Fsp3) is 0.833. The monoisotopic (exact) mass is 292 g/mol. The maximum absolute atomic E-state index is 12.5. The van der Waals surface area contributed by atoms with E-state index in [-0.39, 0.29) is 12.6 Å². The maximum atomic E-state index is 12.5. The molecule has 0 spiro atoms. The number of carbonyl (C=O) groups excluding carboxylic acids is 1. The van der Waals surface area contributed by atoms with Gasteiger partial charge in [0, 0.05) is 18.6 Å². The minimum absolute atomic E-state index is 0.170. The molecule has 2 heterocycles. The van der Waals surface area contributed by atoms with Crippen LogP contribution in [-0.2, 0) is 4.79 Å². The average molecular weight is 292 g/mol. The molecule has 2 rings (SSSR count). The zero-order valence-electron chi connectivity index (χ0n) is 10.9. The molecule has 0 aromatic rings. The number of aliphatic hydroxyl groups excluding tert-OH is 1. The van der Waals surface area contributed by atoms with Crippen LogP contribution in [0.3, 0.4) is 0 Å². The highest BCUT2D eigenvalue weighted by Gasteiger charge is 2.52. The number of rotatable bonds is 5. The van der Waals surface area contributed by atoms with Gasteiger partial charge in [-0.2, -0.15) is 0 Å². The van der Waals surface area contributed by atoms with Gasteiger partial charge in [-0.05, 0) is 19.3 Å². The summed E-state index contributed by atoms with van der Waals surface area (Å²) >= 11 is 0. The third-order valence-corrected chi connectivity index (χ3v) is 4.07. The predicted molar refractivity (Wildman–Crippen MR) is 64.5 cm³/mol. The van der Waals surface area contributed by atoms with E-state index >= 15 is 0 Å². The number of hydrogen-bond acceptors (Lipinski definition) is 3. The Hall–Kier alpha value is -1.44. The van der Waals surface area contributed by atoms with E-state index in [0.717, 1.165) is 4.90 Å². The number of urea groups is 1. The van der Waals surface area contributed by atoms with Gasteiger partial charge in [0.1, 0.15) is 0 Å². The molecule has 114 valence electrons. The van der Waals surface area contributed by atoms with E-state index < -0.39 is 43.5 Å². The Labute approximate surface area is 115 Å². The molecule has 2 fully saturated rings. The van der Waals surface area contributed by atoms with Crippen molar-refractivity contribution >= 4 is 12.0 Å². The molecule has 2 amide bonds. The molecule has 20 heavy (non-hydrogen) atoms. The van der Waals surface area contributed by atoms with Crippen molar-refractivity contribution < 1.29 is 28.6 Å². The number of alkyl halides is 2. The number of carbonyl (C=O) groups is 2. The van der Waals surface area contributed by atoms with Crippen LogP contribution in [0.5, 0.6) is 0 Å². The topological polar surface area (TPSA) is 81.1 Å². The molecular formula is C12H18F2N2O4. The summed E-state index contributed by atoms with van der Waals surface area (Å²) in [6.07, 6.45) is -0.995. The van der Waals surface area contributed by atoms with Crippen LogP contribution in [0, 0.1) is 5.92 Å². The van der Waals surface area contributed by atoms with Gasteiger partial charge in [0.25, 0.3) is 6.43 Å². The number of aliphatic carboxylic acids is 1. The number of carboxylic acids is 1. The Bertz CT molecular complexity index is 394. The highest BCUT2D eigenvalue weighted by atomic mass is 19.3. The van der Waals surface area contributed by atoms with Crippen LogP contribution in [-0.4, -0.2) is 70.2 Å². The number of nitrogens with zero attached hydrogens (tertiary/aromatic N) is 2. The molecule has 2 saturated heterocycles. The summed E-state index contributed by atoms with van der Waals surface area (Å²) in [4.78, 5) is 25.8. The zero-order chi connectivity index (χ0) is 14.9. The number of halogens is 2. The number of aliphatic hydroxyl groups is 1. The van der Waals surface area contributed by atoms with Crippen LogP contribution in [0.1, 0.15) is 19.3 Å². The Morgan fingerprint density at radius 3 is 2.55 bits per heavy atom. The Morgan fingerprint density at radius 1 is 1.35 bits per heavy atom. The molecule has 2 aliphatic heterocycles. The van der Waals surface area contributed by atoms with Crippen LogP contribution in [0.2, 0.25) is 0 Å². The van der Waals surface area contributed by atoms with Crippen molar-refractivity contribution in [3.05, 3.63) is 0 Å². The molecule has 8 heteroatoms. The van der Waals surface area contributed by atoms with Crippen LogP contribution in [0.15, 0.2) is 0 Å². The third kappa shape index (κ3) is 2.70. The van der Waals surface area contributed by atoms with Gasteiger partial charge < -0.3 is 20.0 Å². The summed E-state index contributed by atoms with van der Waals surface area (Å²) < 4.78 is 25.0. The van der Waals surface area contributed by atoms with E-state index in [1.807, 2.05) is 0 Å². The first-order valence-electron chi connectivity index (χ1n) is 6.64. The fourth-order valence-corrected chi connectivity index (χ4v) is 3.27. The van der Waals surface area contributed by atoms with E-state index in [1.165, 1.54) is 4.90 Å². The lowest BCUT2D eigenvalue weighted by atomic mass is 9.89. The van der Waals surface area contributed by atoms with Gasteiger partial charge in [-0.15, -0.1) is 0 Å². The van der Waals surface area contributed by atoms with Crippen LogP contribution < -0.4 is 0 Å². The molecule has 0 radical (unpaired) electrons. The minimum atomic E-state index is -2.68. The Balaban J connectivity index is 2.10. The first-order chi connectivity index (χ1) is 9.45. The van der Waals surface area contributed by atoms with E-state index in [2.05, 4.69) is 0 Å². The lowest BCUT2D eigenvalue weighted by Crippen LogP contribution is -2.49. The molecule has 2 aliphatic rings. The molecule has 2 bridgehead atoms. The van der Waals surface area contributed by atoms with Crippen LogP contribution in [0.4, 0.5) is 13.6 Å². The number of amides is 2. The Morgan fingerprint density at radius 2 is 2.05 bits per heavy atom. The standard InChI is InChI=1S/C12H18F2N2O4/c13-10(14)6-15(3-4-17)12(20)16-7-1-2-9(16)8(5-7)11(18)19/h7-10,17H,1-6H2,(H,18,19). The summed E-state index contributed by atoms with van der Waals surface area (Å²) in [6, 6.07) is -1.19. The van der Waals surface area contributed by atoms with E-state index in [4.69, 9.17) is 10.2 Å². The van der Waals surface area contributed by atoms with Gasteiger partial charge >= 0.3 is 12.0 Å². The van der Waals surface area contributed by atoms with Gasteiger partial charge in [0.05, 0.1) is 19.1 Å². The fourth-order valence-electron chi connectivity index (χ4n) is 3.27. The minimum Gasteiger partial charge on any atom is -0.481 e. The third-order valence-electron chi connectivity index (χ3n) is 4.07. The van der Waals surface area contributed by atoms with Gasteiger partial charge in [-0.1, -0.05) is 0 Å². The van der Waals surface area contributed by atoms with Gasteiger partial charge in [0.2, 0.25) is 0 Å². The zero-order valence-corrected chi connectivity index (χ0v) is 10.9. The summed E-state index contributed by atoms with van der Waals surface area (Å²) in [7, 11) is 0. The lowest BCUT2D eigenvalue weighted by Gasteiger charge is -2.30. The molecular weight excluding hydrogens is 274 g/mol. The second-order valence-electron chi connectivity index (χ2n) is 5.23. The molecule has 0 saturated carbocycles. The van der Waals surface area contributed by atoms with Gasteiger partial charge in [-0.25, -0.2) is 13.6 Å². The number of hydrogen-bond donors (Lipinski definition) is 2. The second kappa shape index (κ2) is 5.90. The average Bonchev–Trinajstić information content (AvgIpc) is 2.94. The molecule has 0 aliphatic carbocycles. The van der Waals surface area contributed by atoms with Crippen LogP contribution in [0.25, 0.3) is 0 Å². The van der Waals surface area contributed by atoms with Gasteiger partial charge in [-0.3, -0.25) is 4.79 Å². The highest BCUT2D eigenvalue weighted by molar-refractivity contribution is 5.79. The van der Waals surface area contributed by atoms with Crippen molar-refractivity contribution in [1.29, 1.82) is 0 Å². The lowest BCUT2D eigenvalue weighted by molar-refractivity contribution is -0.142. The van der Waals surface area contributed by atoms with Crippen molar-refractivity contribution in [2.45, 2.75) is 37.8 Å². The highest BCUT2D eigenvalue weighted by Crippen LogP contribution is 2.42. The van der Waals surface area contributed by atoms with Crippen molar-refractivity contribution in [2.75, 3.05) is 19.7 Å². The van der Waals surface area contributed by atoms with E-state index in [1.54, 1.807) is 0 Å². The van der Waals surface area contributed by atoms with E-state index in [9.17, 15) is 18.4 Å². The predicted octanol–water partition coefficient (Wildman–Crippen LogP) is 0.603. The molecule has 2 N–H and O–H groups in total. The Kier molecular flexibility index (Phi) is 4.42. The van der Waals surface area contributed by atoms with Crippen molar-refractivity contribution in [3.8, 4) is 0 Å². The SMILES string of the molecule is O=C(O)C1CC2CCC1N2C(=O)N(CCO)CC(F)F. The van der Waals surface area contributed by atoms with Gasteiger partial charge in [0.15, 0.2) is 0 Å². The maximum Gasteiger partial charge on any atom is 0.320 e. The largest absolute Gasteiger partial charge is 0.481 e. The molecule has 0 aromatic heterocycles. The van der Waals surface area contributed by atoms with Crippen molar-refractivity contribution in [2.24, 2.45) is 5.92 Å². The quantitative estimate of drug-likeness (QED) is 0.777. The summed E-state index contributed by atoms with van der Waals surface area (Å²) in [5.74, 6) is -1.56. The number of carboxylic acid groups (broad SMARTS) is 1. The van der Waals surface area contributed by atoms with Crippen LogP contribution >= 0.6 is 0 Å². The molecule has 3 atom stereocenters. The molecule has 6 nitrogen and oxygen atoms in total. The summed E-state index contributed by atoms with van der Waals surface area (Å²) in [5, 5.41) is 18.0. The summed E-state index contributed by atoms with van der Waals surface area (Å²) in [5.41, 5.74) is 0. The molecule has 3 unspecified atom stereocenters. The van der Waals surface area contributed by atoms with Crippen molar-refractivity contribution in [1.82, 2.24) is 9.80 Å². The summed E-state index contributed by atoms with van der Waals surface area (Å²) in [6.45, 7) is -1.31. The molecule has 0 aromatic carbocycles. The first kappa shape index (κ1) is 15.0. The smallest absolute Gasteiger partial charge is 0.320 e. The van der Waals surface area contributed by atoms with E-state index in [0.29, 0.717) is 19.3 Å². The first-order valence-corrected chi connectivity index (χ1v) is 6.64. The van der Waals surface area contributed by atoms with Crippen molar-refractivity contribution in [3.63, 3.8) is 0 Å². The normalized spacial score (nSPS) is 28.2. The second-order valence-corrected chi connectivity index (χ2v) is 5.23.